The summed E-state index contributed by atoms with van der Waals surface area (Å²) >= 11 is 0. The second kappa shape index (κ2) is 3.61. The lowest BCUT2D eigenvalue weighted by Gasteiger charge is -1.86. The molecule has 3 heteroatoms. The van der Waals surface area contributed by atoms with Crippen LogP contribution < -0.4 is 0 Å². The van der Waals surface area contributed by atoms with E-state index in [9.17, 15) is 4.79 Å². The third-order valence-corrected chi connectivity index (χ3v) is 0.906. The molecule has 0 aromatic heterocycles. The van der Waals surface area contributed by atoms with Crippen LogP contribution in [0.4, 0.5) is 0 Å². The van der Waals surface area contributed by atoms with Crippen LogP contribution >= 0.6 is 0 Å². The number of hydrogen-bond acceptors (Lipinski definition) is 2. The molecule has 7 heavy (non-hydrogen) atoms. The Morgan fingerprint density at radius 1 is 1.86 bits per heavy atom. The normalized spacial score (nSPS) is 9.86. The van der Waals surface area contributed by atoms with Gasteiger partial charge in [0.25, 0.3) is 0 Å². The van der Waals surface area contributed by atoms with Gasteiger partial charge in [-0.15, -0.1) is 0 Å². The highest BCUT2D eigenvalue weighted by Gasteiger charge is 1.83. The molecule has 0 aliphatic carbocycles. The van der Waals surface area contributed by atoms with Gasteiger partial charge in [0.1, 0.15) is 0 Å². The van der Waals surface area contributed by atoms with E-state index in [-0.39, 0.29) is 5.97 Å². The molecule has 0 rings (SSSR count). The Kier molecular flexibility index (Phi) is 3.32. The third-order valence-electron chi connectivity index (χ3n) is 0.504. The minimum absolute atomic E-state index is 0.242. The van der Waals surface area contributed by atoms with Crippen molar-refractivity contribution in [2.75, 3.05) is 0 Å². The fourth-order valence-electron chi connectivity index (χ4n) is 0.204. The van der Waals surface area contributed by atoms with Gasteiger partial charge in [-0.25, -0.2) is 4.79 Å². The van der Waals surface area contributed by atoms with Gasteiger partial charge in [0.2, 0.25) is 10.5 Å². The highest BCUT2D eigenvalue weighted by Crippen LogP contribution is 1.72. The van der Waals surface area contributed by atoms with Gasteiger partial charge in [0.15, 0.2) is 0 Å². The van der Waals surface area contributed by atoms with Crippen molar-refractivity contribution in [3.05, 3.63) is 12.2 Å². The van der Waals surface area contributed by atoms with Crippen LogP contribution in [-0.4, -0.2) is 16.5 Å². The van der Waals surface area contributed by atoms with E-state index in [1.807, 2.05) is 0 Å². The molecule has 0 N–H and O–H groups in total. The second-order valence-corrected chi connectivity index (χ2v) is 1.43. The summed E-state index contributed by atoms with van der Waals surface area (Å²) < 4.78 is 4.40. The quantitative estimate of drug-likeness (QED) is 0.337. The smallest absolute Gasteiger partial charge is 0.316 e. The molecular formula is C4H8O2Si. The van der Waals surface area contributed by atoms with Crippen LogP contribution in [-0.2, 0) is 9.22 Å². The number of carbonyl (C=O) groups excluding carboxylic acids is 1. The van der Waals surface area contributed by atoms with Crippen LogP contribution in [0.1, 0.15) is 6.92 Å². The Labute approximate surface area is 45.7 Å². The molecule has 0 bridgehead atoms. The van der Waals surface area contributed by atoms with Crippen molar-refractivity contribution in [2.45, 2.75) is 6.92 Å². The Bertz CT molecular complexity index is 87.7. The molecular weight excluding hydrogens is 108 g/mol. The van der Waals surface area contributed by atoms with Crippen molar-refractivity contribution in [1.82, 2.24) is 0 Å². The molecule has 0 aliphatic heterocycles. The maximum atomic E-state index is 10.1. The first-order chi connectivity index (χ1) is 3.31. The lowest BCUT2D eigenvalue weighted by molar-refractivity contribution is -0.128. The summed E-state index contributed by atoms with van der Waals surface area (Å²) in [6.07, 6.45) is 3.05. The van der Waals surface area contributed by atoms with Crippen molar-refractivity contribution < 1.29 is 9.22 Å². The number of hydrogen-bond donors (Lipinski definition) is 0. The molecule has 0 atom stereocenters. The molecule has 0 aromatic carbocycles. The van der Waals surface area contributed by atoms with Crippen molar-refractivity contribution in [1.29, 1.82) is 0 Å². The third kappa shape index (κ3) is 3.25. The molecule has 0 radical (unpaired) electrons. The molecule has 0 heterocycles. The molecule has 40 valence electrons. The number of rotatable bonds is 1. The highest BCUT2D eigenvalue weighted by molar-refractivity contribution is 6.07. The van der Waals surface area contributed by atoms with E-state index < -0.39 is 0 Å². The summed E-state index contributed by atoms with van der Waals surface area (Å²) in [5.74, 6) is -0.242. The average molecular weight is 116 g/mol. The van der Waals surface area contributed by atoms with Gasteiger partial charge in [-0.05, 0) is 6.92 Å². The summed E-state index contributed by atoms with van der Waals surface area (Å²) in [5.41, 5.74) is 0. The Balaban J connectivity index is 3.37. The van der Waals surface area contributed by atoms with Crippen molar-refractivity contribution in [3.8, 4) is 0 Å². The van der Waals surface area contributed by atoms with Crippen LogP contribution in [0.2, 0.25) is 0 Å². The van der Waals surface area contributed by atoms with Gasteiger partial charge < -0.3 is 4.43 Å². The monoisotopic (exact) mass is 116 g/mol. The topological polar surface area (TPSA) is 26.3 Å². The Hall–Kier alpha value is -0.573. The summed E-state index contributed by atoms with van der Waals surface area (Å²) in [6, 6.07) is 0. The molecule has 0 aliphatic rings. The molecule has 0 amide bonds. The minimum Gasteiger partial charge on any atom is -0.526 e. The van der Waals surface area contributed by atoms with Gasteiger partial charge in [-0.1, -0.05) is 6.08 Å². The molecule has 0 unspecified atom stereocenters. The van der Waals surface area contributed by atoms with Gasteiger partial charge in [-0.2, -0.15) is 0 Å². The lowest BCUT2D eigenvalue weighted by atomic mass is 10.5. The first kappa shape index (κ1) is 6.43. The SMILES string of the molecule is CC=CC(=O)O[SiH3]. The average Bonchev–Trinajstić information content (AvgIpc) is 1.68. The van der Waals surface area contributed by atoms with E-state index in [2.05, 4.69) is 4.43 Å². The summed E-state index contributed by atoms with van der Waals surface area (Å²) in [5, 5.41) is 0. The predicted molar refractivity (Wildman–Crippen MR) is 30.8 cm³/mol. The highest BCUT2D eigenvalue weighted by atomic mass is 28.2. The Morgan fingerprint density at radius 3 is 2.57 bits per heavy atom. The fourth-order valence-corrected chi connectivity index (χ4v) is 0.340. The van der Waals surface area contributed by atoms with Crippen molar-refractivity contribution in [3.63, 3.8) is 0 Å². The van der Waals surface area contributed by atoms with Crippen LogP contribution in [0, 0.1) is 0 Å². The molecule has 0 fully saturated rings. The largest absolute Gasteiger partial charge is 0.526 e. The molecule has 0 aromatic rings. The van der Waals surface area contributed by atoms with Crippen LogP contribution in [0.5, 0.6) is 0 Å². The zero-order valence-corrected chi connectivity index (χ0v) is 6.47. The van der Waals surface area contributed by atoms with Gasteiger partial charge >= 0.3 is 5.97 Å². The van der Waals surface area contributed by atoms with Crippen molar-refractivity contribution in [2.24, 2.45) is 0 Å². The summed E-state index contributed by atoms with van der Waals surface area (Å²) in [7, 11) is 0.486. The van der Waals surface area contributed by atoms with E-state index >= 15 is 0 Å². The van der Waals surface area contributed by atoms with Crippen molar-refractivity contribution >= 4 is 16.5 Å². The van der Waals surface area contributed by atoms with Gasteiger partial charge in [0, 0.05) is 6.08 Å². The summed E-state index contributed by atoms with van der Waals surface area (Å²) in [4.78, 5) is 10.1. The Morgan fingerprint density at radius 2 is 2.43 bits per heavy atom. The first-order valence-electron chi connectivity index (χ1n) is 2.02. The van der Waals surface area contributed by atoms with Crippen LogP contribution in [0.15, 0.2) is 12.2 Å². The summed E-state index contributed by atoms with van der Waals surface area (Å²) in [6.45, 7) is 1.78. The van der Waals surface area contributed by atoms with Gasteiger partial charge in [0.05, 0.1) is 0 Å². The number of allylic oxidation sites excluding steroid dienone is 1. The van der Waals surface area contributed by atoms with E-state index in [0.29, 0.717) is 10.5 Å². The predicted octanol–water partition coefficient (Wildman–Crippen LogP) is -0.614. The molecule has 0 spiro atoms. The van der Waals surface area contributed by atoms with E-state index in [1.54, 1.807) is 13.0 Å². The molecule has 0 saturated carbocycles. The number of carbonyl (C=O) groups is 1. The van der Waals surface area contributed by atoms with Gasteiger partial charge in [-0.3, -0.25) is 0 Å². The lowest BCUT2D eigenvalue weighted by Crippen LogP contribution is -1.94. The second-order valence-electron chi connectivity index (χ2n) is 1.02. The molecule has 2 nitrogen and oxygen atoms in total. The van der Waals surface area contributed by atoms with E-state index in [0.717, 1.165) is 0 Å². The molecule has 0 saturated heterocycles. The van der Waals surface area contributed by atoms with Crippen LogP contribution in [0.25, 0.3) is 0 Å². The fraction of sp³-hybridized carbons (Fsp3) is 0.250. The maximum absolute atomic E-state index is 10.1. The minimum atomic E-state index is -0.242. The van der Waals surface area contributed by atoms with E-state index in [4.69, 9.17) is 0 Å². The zero-order chi connectivity index (χ0) is 5.70. The maximum Gasteiger partial charge on any atom is 0.316 e. The standard InChI is InChI=1S/C4H8O2Si/c1-2-3-4(5)6-7/h2-3H,1,7H3. The van der Waals surface area contributed by atoms with E-state index in [1.165, 1.54) is 6.08 Å². The first-order valence-corrected chi connectivity index (χ1v) is 2.83. The van der Waals surface area contributed by atoms with Crippen LogP contribution in [0.3, 0.4) is 0 Å². The zero-order valence-electron chi connectivity index (χ0n) is 4.47.